The lowest BCUT2D eigenvalue weighted by Gasteiger charge is -2.07. The quantitative estimate of drug-likeness (QED) is 0.829. The summed E-state index contributed by atoms with van der Waals surface area (Å²) in [4.78, 5) is 11.3. The molecule has 0 fully saturated rings. The molecule has 0 saturated heterocycles. The lowest BCUT2D eigenvalue weighted by Crippen LogP contribution is -2.07. The van der Waals surface area contributed by atoms with E-state index in [1.807, 2.05) is 0 Å². The van der Waals surface area contributed by atoms with Crippen LogP contribution < -0.4 is 5.73 Å². The number of carbonyl (C=O) groups excluding carboxylic acids is 1. The van der Waals surface area contributed by atoms with E-state index < -0.39 is 11.7 Å². The number of ketones is 1. The molecule has 0 aromatic heterocycles. The molecule has 0 heterocycles. The van der Waals surface area contributed by atoms with Crippen molar-refractivity contribution in [2.75, 3.05) is 0 Å². The third kappa shape index (κ3) is 4.30. The first kappa shape index (κ1) is 13.3. The zero-order valence-electron chi connectivity index (χ0n) is 9.21. The predicted molar refractivity (Wildman–Crippen MR) is 58.1 cm³/mol. The number of halogens is 3. The second-order valence-electron chi connectivity index (χ2n) is 3.73. The van der Waals surface area contributed by atoms with Crippen LogP contribution in [0.5, 0.6) is 0 Å². The van der Waals surface area contributed by atoms with Gasteiger partial charge in [-0.15, -0.1) is 0 Å². The molecule has 1 rings (SSSR count). The third-order valence-corrected chi connectivity index (χ3v) is 2.02. The highest BCUT2D eigenvalue weighted by Crippen LogP contribution is 2.29. The number of benzene rings is 1. The summed E-state index contributed by atoms with van der Waals surface area (Å²) in [5, 5.41) is 0. The minimum absolute atomic E-state index is 0.0849. The highest BCUT2D eigenvalue weighted by atomic mass is 19.4. The Bertz CT molecular complexity index is 445. The number of hydrogen-bond acceptors (Lipinski definition) is 2. The van der Waals surface area contributed by atoms with E-state index >= 15 is 0 Å². The average Bonchev–Trinajstić information content (AvgIpc) is 2.15. The second kappa shape index (κ2) is 5.03. The number of rotatable bonds is 3. The summed E-state index contributed by atoms with van der Waals surface area (Å²) in [6, 6.07) is 4.70. The van der Waals surface area contributed by atoms with Crippen molar-refractivity contribution in [3.05, 3.63) is 47.2 Å². The number of allylic oxidation sites excluding steroid dienone is 2. The monoisotopic (exact) mass is 243 g/mol. The molecule has 0 aliphatic rings. The van der Waals surface area contributed by atoms with Crippen molar-refractivity contribution in [2.24, 2.45) is 5.73 Å². The largest absolute Gasteiger partial charge is 0.416 e. The first-order valence-corrected chi connectivity index (χ1v) is 4.92. The van der Waals surface area contributed by atoms with Crippen LogP contribution in [0.4, 0.5) is 13.2 Å². The van der Waals surface area contributed by atoms with Crippen molar-refractivity contribution in [3.8, 4) is 0 Å². The molecular formula is C12H12F3NO. The number of nitrogens with two attached hydrogens (primary N) is 1. The maximum Gasteiger partial charge on any atom is 0.416 e. The van der Waals surface area contributed by atoms with Crippen molar-refractivity contribution in [1.82, 2.24) is 0 Å². The van der Waals surface area contributed by atoms with Crippen molar-refractivity contribution in [2.45, 2.75) is 19.5 Å². The van der Waals surface area contributed by atoms with Gasteiger partial charge >= 0.3 is 6.18 Å². The Balaban J connectivity index is 2.87. The average molecular weight is 243 g/mol. The molecule has 2 N–H and O–H groups in total. The third-order valence-electron chi connectivity index (χ3n) is 2.02. The molecule has 0 aliphatic heterocycles. The van der Waals surface area contributed by atoms with Crippen LogP contribution in [0.25, 0.3) is 0 Å². The maximum atomic E-state index is 12.4. The molecule has 2 nitrogen and oxygen atoms in total. The van der Waals surface area contributed by atoms with Crippen LogP contribution in [0, 0.1) is 0 Å². The van der Waals surface area contributed by atoms with Crippen LogP contribution in [0.15, 0.2) is 36.0 Å². The Morgan fingerprint density at radius 1 is 1.41 bits per heavy atom. The SMILES string of the molecule is C/C(N)=C/C(=O)Cc1cccc(C(F)(F)F)c1. The van der Waals surface area contributed by atoms with Crippen LogP contribution in [0.3, 0.4) is 0 Å². The van der Waals surface area contributed by atoms with E-state index in [-0.39, 0.29) is 12.2 Å². The van der Waals surface area contributed by atoms with Gasteiger partial charge in [0.25, 0.3) is 0 Å². The molecule has 17 heavy (non-hydrogen) atoms. The number of hydrogen-bond donors (Lipinski definition) is 1. The van der Waals surface area contributed by atoms with Crippen molar-refractivity contribution in [1.29, 1.82) is 0 Å². The highest BCUT2D eigenvalue weighted by molar-refractivity contribution is 5.91. The molecule has 0 atom stereocenters. The summed E-state index contributed by atoms with van der Waals surface area (Å²) in [7, 11) is 0. The fraction of sp³-hybridized carbons (Fsp3) is 0.250. The van der Waals surface area contributed by atoms with Crippen molar-refractivity contribution >= 4 is 5.78 Å². The highest BCUT2D eigenvalue weighted by Gasteiger charge is 2.30. The van der Waals surface area contributed by atoms with Gasteiger partial charge in [0.1, 0.15) is 0 Å². The molecule has 0 bridgehead atoms. The van der Waals surface area contributed by atoms with E-state index in [9.17, 15) is 18.0 Å². The van der Waals surface area contributed by atoms with Crippen LogP contribution in [0.2, 0.25) is 0 Å². The summed E-state index contributed by atoms with van der Waals surface area (Å²) in [6.07, 6.45) is -3.27. The molecule has 0 unspecified atom stereocenters. The van der Waals surface area contributed by atoms with E-state index in [2.05, 4.69) is 0 Å². The normalized spacial score (nSPS) is 12.6. The lowest BCUT2D eigenvalue weighted by molar-refractivity contribution is -0.137. The van der Waals surface area contributed by atoms with Gasteiger partial charge in [0, 0.05) is 12.1 Å². The Morgan fingerprint density at radius 2 is 2.06 bits per heavy atom. The number of carbonyl (C=O) groups is 1. The van der Waals surface area contributed by atoms with Crippen LogP contribution in [0.1, 0.15) is 18.1 Å². The maximum absolute atomic E-state index is 12.4. The van der Waals surface area contributed by atoms with E-state index in [1.54, 1.807) is 6.92 Å². The van der Waals surface area contributed by atoms with Gasteiger partial charge in [-0.2, -0.15) is 13.2 Å². The Labute approximate surface area is 96.9 Å². The Kier molecular flexibility index (Phi) is 3.93. The molecular weight excluding hydrogens is 231 g/mol. The summed E-state index contributed by atoms with van der Waals surface area (Å²) in [6.45, 7) is 1.55. The predicted octanol–water partition coefficient (Wildman–Crippen LogP) is 2.68. The molecule has 1 aromatic carbocycles. The van der Waals surface area contributed by atoms with Gasteiger partial charge in [-0.3, -0.25) is 4.79 Å². The molecule has 0 spiro atoms. The standard InChI is InChI=1S/C12H12F3NO/c1-8(16)5-11(17)7-9-3-2-4-10(6-9)12(13,14)15/h2-6H,7,16H2,1H3/b8-5-. The first-order valence-electron chi connectivity index (χ1n) is 4.92. The summed E-state index contributed by atoms with van der Waals surface area (Å²) in [5.74, 6) is -0.315. The van der Waals surface area contributed by atoms with Crippen LogP contribution in [-0.2, 0) is 17.4 Å². The lowest BCUT2D eigenvalue weighted by atomic mass is 10.1. The Hall–Kier alpha value is -1.78. The van der Waals surface area contributed by atoms with Gasteiger partial charge in [-0.1, -0.05) is 18.2 Å². The van der Waals surface area contributed by atoms with E-state index in [1.165, 1.54) is 18.2 Å². The molecule has 92 valence electrons. The van der Waals surface area contributed by atoms with Gasteiger partial charge in [0.15, 0.2) is 5.78 Å². The minimum Gasteiger partial charge on any atom is -0.402 e. The molecule has 0 amide bonds. The summed E-state index contributed by atoms with van der Waals surface area (Å²) < 4.78 is 37.2. The van der Waals surface area contributed by atoms with Gasteiger partial charge < -0.3 is 5.73 Å². The van der Waals surface area contributed by atoms with Gasteiger partial charge in [0.05, 0.1) is 5.56 Å². The molecule has 0 aliphatic carbocycles. The van der Waals surface area contributed by atoms with Gasteiger partial charge in [-0.25, -0.2) is 0 Å². The molecule has 0 radical (unpaired) electrons. The van der Waals surface area contributed by atoms with Crippen molar-refractivity contribution in [3.63, 3.8) is 0 Å². The smallest absolute Gasteiger partial charge is 0.402 e. The van der Waals surface area contributed by atoms with Crippen LogP contribution in [-0.4, -0.2) is 5.78 Å². The van der Waals surface area contributed by atoms with E-state index in [0.717, 1.165) is 12.1 Å². The second-order valence-corrected chi connectivity index (χ2v) is 3.73. The van der Waals surface area contributed by atoms with Crippen molar-refractivity contribution < 1.29 is 18.0 Å². The fourth-order valence-electron chi connectivity index (χ4n) is 1.36. The zero-order valence-corrected chi connectivity index (χ0v) is 9.21. The molecule has 1 aromatic rings. The van der Waals surface area contributed by atoms with Gasteiger partial charge in [-0.05, 0) is 24.6 Å². The molecule has 5 heteroatoms. The number of alkyl halides is 3. The summed E-state index contributed by atoms with van der Waals surface area (Å²) >= 11 is 0. The minimum atomic E-state index is -4.39. The topological polar surface area (TPSA) is 43.1 Å². The summed E-state index contributed by atoms with van der Waals surface area (Å²) in [5.41, 5.74) is 5.21. The first-order chi connectivity index (χ1) is 7.79. The van der Waals surface area contributed by atoms with E-state index in [0.29, 0.717) is 11.3 Å². The van der Waals surface area contributed by atoms with Crippen LogP contribution >= 0.6 is 0 Å². The Morgan fingerprint density at radius 3 is 2.59 bits per heavy atom. The van der Waals surface area contributed by atoms with E-state index in [4.69, 9.17) is 5.73 Å². The zero-order chi connectivity index (χ0) is 13.1. The van der Waals surface area contributed by atoms with Gasteiger partial charge in [0.2, 0.25) is 0 Å². The molecule has 0 saturated carbocycles. The fourth-order valence-corrected chi connectivity index (χ4v) is 1.36.